The molecule has 1 aromatic rings. The predicted molar refractivity (Wildman–Crippen MR) is 53.2 cm³/mol. The molecule has 0 radical (unpaired) electrons. The molecule has 4 heteroatoms. The lowest BCUT2D eigenvalue weighted by molar-refractivity contribution is 0.214. The van der Waals surface area contributed by atoms with Crippen LogP contribution >= 0.6 is 11.6 Å². The number of benzene rings is 1. The molecule has 0 amide bonds. The normalized spacial score (nSPS) is 11.8. The molecule has 1 rings (SSSR count). The first-order valence-electron chi connectivity index (χ1n) is 4.18. The summed E-state index contributed by atoms with van der Waals surface area (Å²) in [6.45, 7) is 3.13. The maximum Gasteiger partial charge on any atom is 0.165 e. The summed E-state index contributed by atoms with van der Waals surface area (Å²) in [4.78, 5) is 0. The van der Waals surface area contributed by atoms with Crippen LogP contribution in [-0.2, 0) is 5.41 Å². The molecule has 0 saturated heterocycles. The molecule has 78 valence electrons. The molecular weight excluding hydrogens is 207 g/mol. The number of hydrogen-bond donors (Lipinski definition) is 2. The number of halogens is 2. The molecule has 0 spiro atoms. The van der Waals surface area contributed by atoms with Crippen LogP contribution < -0.4 is 0 Å². The molecule has 1 aromatic carbocycles. The van der Waals surface area contributed by atoms with E-state index >= 15 is 0 Å². The van der Waals surface area contributed by atoms with E-state index in [-0.39, 0.29) is 17.2 Å². The van der Waals surface area contributed by atoms with Crippen LogP contribution in [0.4, 0.5) is 4.39 Å². The Hall–Kier alpha value is -0.800. The smallest absolute Gasteiger partial charge is 0.165 e. The fourth-order valence-corrected chi connectivity index (χ4v) is 1.67. The summed E-state index contributed by atoms with van der Waals surface area (Å²) in [6, 6.07) is 2.46. The van der Waals surface area contributed by atoms with Crippen molar-refractivity contribution in [2.45, 2.75) is 19.3 Å². The minimum Gasteiger partial charge on any atom is -0.505 e. The van der Waals surface area contributed by atoms with E-state index in [0.29, 0.717) is 0 Å². The molecular formula is C10H12ClFO2. The molecule has 0 aliphatic rings. The van der Waals surface area contributed by atoms with Gasteiger partial charge in [0.1, 0.15) is 0 Å². The summed E-state index contributed by atoms with van der Waals surface area (Å²) in [5.41, 5.74) is -0.523. The number of aromatic hydroxyl groups is 1. The summed E-state index contributed by atoms with van der Waals surface area (Å²) >= 11 is 5.83. The maximum atomic E-state index is 13.0. The summed E-state index contributed by atoms with van der Waals surface area (Å²) < 4.78 is 13.0. The summed E-state index contributed by atoms with van der Waals surface area (Å²) in [5, 5.41) is 18.8. The van der Waals surface area contributed by atoms with Crippen LogP contribution in [0.3, 0.4) is 0 Å². The van der Waals surface area contributed by atoms with Gasteiger partial charge in [0.05, 0.1) is 6.61 Å². The van der Waals surface area contributed by atoms with Crippen molar-refractivity contribution in [3.05, 3.63) is 28.5 Å². The molecule has 0 aliphatic heterocycles. The topological polar surface area (TPSA) is 40.5 Å². The van der Waals surface area contributed by atoms with E-state index in [0.717, 1.165) is 6.07 Å². The van der Waals surface area contributed by atoms with Crippen molar-refractivity contribution < 1.29 is 14.6 Å². The average Bonchev–Trinajstić information content (AvgIpc) is 2.12. The van der Waals surface area contributed by atoms with Gasteiger partial charge in [-0.2, -0.15) is 0 Å². The van der Waals surface area contributed by atoms with Gasteiger partial charge in [-0.25, -0.2) is 4.39 Å². The van der Waals surface area contributed by atoms with Gasteiger partial charge in [-0.3, -0.25) is 0 Å². The molecule has 2 N–H and O–H groups in total. The highest BCUT2D eigenvalue weighted by Crippen LogP contribution is 2.37. The average molecular weight is 219 g/mol. The van der Waals surface area contributed by atoms with Crippen LogP contribution in [0.1, 0.15) is 19.4 Å². The Labute approximate surface area is 86.9 Å². The Morgan fingerprint density at radius 3 is 2.50 bits per heavy atom. The minimum atomic E-state index is -0.761. The van der Waals surface area contributed by atoms with Gasteiger partial charge in [-0.15, -0.1) is 0 Å². The van der Waals surface area contributed by atoms with Crippen molar-refractivity contribution >= 4 is 11.6 Å². The summed E-state index contributed by atoms with van der Waals surface area (Å²) in [7, 11) is 0. The highest BCUT2D eigenvalue weighted by atomic mass is 35.5. The number of phenolic OH excluding ortho intramolecular Hbond substituents is 1. The molecule has 0 heterocycles. The second kappa shape index (κ2) is 3.75. The first-order chi connectivity index (χ1) is 6.40. The third-order valence-corrected chi connectivity index (χ3v) is 2.46. The van der Waals surface area contributed by atoms with Crippen molar-refractivity contribution in [3.8, 4) is 5.75 Å². The van der Waals surface area contributed by atoms with Gasteiger partial charge in [-0.1, -0.05) is 25.4 Å². The fourth-order valence-electron chi connectivity index (χ4n) is 1.26. The zero-order valence-electron chi connectivity index (χ0n) is 8.01. The third-order valence-electron chi connectivity index (χ3n) is 2.15. The summed E-state index contributed by atoms with van der Waals surface area (Å²) in [5.74, 6) is -1.22. The van der Waals surface area contributed by atoms with Crippen LogP contribution in [0.25, 0.3) is 0 Å². The fraction of sp³-hybridized carbons (Fsp3) is 0.400. The van der Waals surface area contributed by atoms with E-state index in [9.17, 15) is 9.50 Å². The van der Waals surface area contributed by atoms with Gasteiger partial charge in [0.15, 0.2) is 11.6 Å². The first-order valence-corrected chi connectivity index (χ1v) is 4.56. The molecule has 0 aliphatic carbocycles. The minimum absolute atomic E-state index is 0.219. The first kappa shape index (κ1) is 11.3. The Balaban J connectivity index is 3.40. The van der Waals surface area contributed by atoms with Crippen molar-refractivity contribution in [2.75, 3.05) is 6.61 Å². The van der Waals surface area contributed by atoms with Gasteiger partial charge in [-0.05, 0) is 12.1 Å². The lowest BCUT2D eigenvalue weighted by atomic mass is 9.85. The zero-order valence-corrected chi connectivity index (χ0v) is 8.77. The van der Waals surface area contributed by atoms with E-state index < -0.39 is 17.0 Å². The highest BCUT2D eigenvalue weighted by molar-refractivity contribution is 6.31. The van der Waals surface area contributed by atoms with Crippen LogP contribution in [0, 0.1) is 5.82 Å². The molecule has 14 heavy (non-hydrogen) atoms. The Morgan fingerprint density at radius 1 is 1.43 bits per heavy atom. The van der Waals surface area contributed by atoms with Crippen molar-refractivity contribution in [1.82, 2.24) is 0 Å². The monoisotopic (exact) mass is 218 g/mol. The van der Waals surface area contributed by atoms with Crippen molar-refractivity contribution in [3.63, 3.8) is 0 Å². The molecule has 0 bridgehead atoms. The van der Waals surface area contributed by atoms with Gasteiger partial charge in [0.25, 0.3) is 0 Å². The quantitative estimate of drug-likeness (QED) is 0.801. The van der Waals surface area contributed by atoms with E-state index in [4.69, 9.17) is 16.7 Å². The molecule has 0 saturated carbocycles. The SMILES string of the molecule is CC(C)(CO)c1c(Cl)ccc(F)c1O. The maximum absolute atomic E-state index is 13.0. The molecule has 0 unspecified atom stereocenters. The van der Waals surface area contributed by atoms with E-state index in [1.807, 2.05) is 0 Å². The van der Waals surface area contributed by atoms with Crippen molar-refractivity contribution in [1.29, 1.82) is 0 Å². The van der Waals surface area contributed by atoms with Gasteiger partial charge >= 0.3 is 0 Å². The number of phenols is 1. The highest BCUT2D eigenvalue weighted by Gasteiger charge is 2.27. The van der Waals surface area contributed by atoms with Gasteiger partial charge in [0, 0.05) is 16.0 Å². The lowest BCUT2D eigenvalue weighted by Gasteiger charge is -2.24. The second-order valence-corrected chi connectivity index (χ2v) is 4.20. The Morgan fingerprint density at radius 2 is 2.00 bits per heavy atom. The predicted octanol–water partition coefficient (Wildman–Crippen LogP) is 2.45. The Bertz CT molecular complexity index is 350. The van der Waals surface area contributed by atoms with Crippen LogP contribution in [0.2, 0.25) is 5.02 Å². The molecule has 0 fully saturated rings. The lowest BCUT2D eigenvalue weighted by Crippen LogP contribution is -2.23. The number of rotatable bonds is 2. The van der Waals surface area contributed by atoms with E-state index in [1.165, 1.54) is 6.07 Å². The third kappa shape index (κ3) is 1.83. The van der Waals surface area contributed by atoms with Crippen LogP contribution in [0.5, 0.6) is 5.75 Å². The molecule has 2 nitrogen and oxygen atoms in total. The Kier molecular flexibility index (Phi) is 3.02. The number of aliphatic hydroxyl groups is 1. The van der Waals surface area contributed by atoms with E-state index in [2.05, 4.69) is 0 Å². The molecule has 0 aromatic heterocycles. The van der Waals surface area contributed by atoms with Gasteiger partial charge in [0.2, 0.25) is 0 Å². The van der Waals surface area contributed by atoms with Crippen molar-refractivity contribution in [2.24, 2.45) is 0 Å². The number of aliphatic hydroxyl groups excluding tert-OH is 1. The van der Waals surface area contributed by atoms with E-state index in [1.54, 1.807) is 13.8 Å². The number of hydrogen-bond acceptors (Lipinski definition) is 2. The summed E-state index contributed by atoms with van der Waals surface area (Å²) in [6.07, 6.45) is 0. The second-order valence-electron chi connectivity index (χ2n) is 3.79. The zero-order chi connectivity index (χ0) is 10.9. The van der Waals surface area contributed by atoms with Crippen LogP contribution in [-0.4, -0.2) is 16.8 Å². The molecule has 0 atom stereocenters. The largest absolute Gasteiger partial charge is 0.505 e. The standard InChI is InChI=1S/C10H12ClFO2/c1-10(2,5-13)8-6(11)3-4-7(12)9(8)14/h3-4,13-14H,5H2,1-2H3. The van der Waals surface area contributed by atoms with Gasteiger partial charge < -0.3 is 10.2 Å². The van der Waals surface area contributed by atoms with Crippen LogP contribution in [0.15, 0.2) is 12.1 Å².